The van der Waals surface area contributed by atoms with Crippen LogP contribution < -0.4 is 11.5 Å². The number of aromatic amines is 1. The molecule has 6 heteroatoms. The van der Waals surface area contributed by atoms with Crippen LogP contribution in [0.5, 0.6) is 0 Å². The summed E-state index contributed by atoms with van der Waals surface area (Å²) in [4.78, 5) is 12.5. The molecule has 5 N–H and O–H groups in total. The number of rotatable bonds is 5. The summed E-state index contributed by atoms with van der Waals surface area (Å²) < 4.78 is 0. The average Bonchev–Trinajstić information content (AvgIpc) is 2.58. The largest absolute Gasteiger partial charge is 0.394 e. The Morgan fingerprint density at radius 1 is 1.53 bits per heavy atom. The molecule has 0 radical (unpaired) electrons. The van der Waals surface area contributed by atoms with E-state index in [0.717, 1.165) is 12.0 Å². The summed E-state index contributed by atoms with van der Waals surface area (Å²) in [5, 5.41) is 6.56. The van der Waals surface area contributed by atoms with E-state index in [-0.39, 0.29) is 5.82 Å². The van der Waals surface area contributed by atoms with Crippen LogP contribution in [-0.4, -0.2) is 28.1 Å². The molecule has 17 heavy (non-hydrogen) atoms. The molecule has 0 aliphatic heterocycles. The maximum absolute atomic E-state index is 10.9. The van der Waals surface area contributed by atoms with Crippen molar-refractivity contribution in [2.45, 2.75) is 20.8 Å². The Hall–Kier alpha value is -1.98. The zero-order valence-corrected chi connectivity index (χ0v) is 10.4. The summed E-state index contributed by atoms with van der Waals surface area (Å²) in [5.41, 5.74) is 13.2. The van der Waals surface area contributed by atoms with Crippen LogP contribution >= 0.6 is 0 Å². The van der Waals surface area contributed by atoms with E-state index in [1.807, 2.05) is 20.8 Å². The van der Waals surface area contributed by atoms with Gasteiger partial charge in [-0.1, -0.05) is 13.8 Å². The van der Waals surface area contributed by atoms with Crippen LogP contribution in [-0.2, 0) is 4.79 Å². The first kappa shape index (κ1) is 13.1. The third kappa shape index (κ3) is 3.24. The van der Waals surface area contributed by atoms with Gasteiger partial charge < -0.3 is 16.4 Å². The van der Waals surface area contributed by atoms with Crippen molar-refractivity contribution in [3.63, 3.8) is 0 Å². The number of allylic oxidation sites excluding steroid dienone is 1. The van der Waals surface area contributed by atoms with E-state index >= 15 is 0 Å². The smallest absolute Gasteiger partial charge is 0.213 e. The second-order valence-corrected chi connectivity index (χ2v) is 4.41. The molecule has 1 aromatic rings. The van der Waals surface area contributed by atoms with Gasteiger partial charge in [0.25, 0.3) is 0 Å². The van der Waals surface area contributed by atoms with Crippen molar-refractivity contribution in [3.8, 4) is 0 Å². The van der Waals surface area contributed by atoms with Gasteiger partial charge in [0.15, 0.2) is 5.82 Å². The van der Waals surface area contributed by atoms with Gasteiger partial charge in [-0.05, 0) is 18.4 Å². The molecule has 0 bridgehead atoms. The number of nitrogens with one attached hydrogen (secondary N) is 1. The van der Waals surface area contributed by atoms with Crippen LogP contribution in [0.2, 0.25) is 0 Å². The normalized spacial score (nSPS) is 11.9. The first-order chi connectivity index (χ1) is 7.95. The SMILES string of the molecule is C/C(=C/N(C=O)CC(C)C)c1[nH]nc(N)c1N. The minimum Gasteiger partial charge on any atom is -0.394 e. The van der Waals surface area contributed by atoms with Gasteiger partial charge in [0.05, 0.1) is 5.69 Å². The van der Waals surface area contributed by atoms with E-state index in [9.17, 15) is 4.79 Å². The van der Waals surface area contributed by atoms with Gasteiger partial charge in [0.2, 0.25) is 6.41 Å². The van der Waals surface area contributed by atoms with Gasteiger partial charge in [0, 0.05) is 12.7 Å². The Morgan fingerprint density at radius 3 is 2.59 bits per heavy atom. The molecule has 0 saturated carbocycles. The summed E-state index contributed by atoms with van der Waals surface area (Å²) in [6.07, 6.45) is 2.52. The zero-order chi connectivity index (χ0) is 13.0. The number of hydrogen-bond donors (Lipinski definition) is 3. The van der Waals surface area contributed by atoms with Gasteiger partial charge in [0.1, 0.15) is 5.69 Å². The molecular formula is C11H19N5O. The summed E-state index contributed by atoms with van der Waals surface area (Å²) in [7, 11) is 0. The van der Waals surface area contributed by atoms with Crippen LogP contribution in [0.15, 0.2) is 6.20 Å². The fourth-order valence-corrected chi connectivity index (χ4v) is 1.53. The van der Waals surface area contributed by atoms with Crippen LogP contribution in [0, 0.1) is 5.92 Å². The van der Waals surface area contributed by atoms with E-state index in [1.54, 1.807) is 11.1 Å². The van der Waals surface area contributed by atoms with Gasteiger partial charge in [-0.3, -0.25) is 9.89 Å². The van der Waals surface area contributed by atoms with Crippen LogP contribution in [0.1, 0.15) is 26.5 Å². The van der Waals surface area contributed by atoms with Crippen molar-refractivity contribution in [1.82, 2.24) is 15.1 Å². The van der Waals surface area contributed by atoms with Gasteiger partial charge in [-0.2, -0.15) is 5.10 Å². The molecule has 0 atom stereocenters. The molecular weight excluding hydrogens is 218 g/mol. The average molecular weight is 237 g/mol. The first-order valence-corrected chi connectivity index (χ1v) is 5.44. The quantitative estimate of drug-likeness (QED) is 0.666. The van der Waals surface area contributed by atoms with E-state index in [0.29, 0.717) is 23.8 Å². The lowest BCUT2D eigenvalue weighted by atomic mass is 10.2. The predicted molar refractivity (Wildman–Crippen MR) is 68.7 cm³/mol. The monoisotopic (exact) mass is 237 g/mol. The molecule has 1 amide bonds. The minimum absolute atomic E-state index is 0.272. The number of nitrogens with zero attached hydrogens (tertiary/aromatic N) is 2. The lowest BCUT2D eigenvalue weighted by Gasteiger charge is -2.16. The molecule has 0 fully saturated rings. The number of H-pyrrole nitrogens is 1. The Kier molecular flexibility index (Phi) is 4.14. The molecule has 0 aliphatic carbocycles. The van der Waals surface area contributed by atoms with Crippen LogP contribution in [0.3, 0.4) is 0 Å². The molecule has 0 saturated heterocycles. The fourth-order valence-electron chi connectivity index (χ4n) is 1.53. The third-order valence-electron chi connectivity index (χ3n) is 2.30. The Labute approximate surface area is 101 Å². The highest BCUT2D eigenvalue weighted by Gasteiger charge is 2.10. The van der Waals surface area contributed by atoms with Gasteiger partial charge in [-0.25, -0.2) is 0 Å². The molecule has 1 aromatic heterocycles. The van der Waals surface area contributed by atoms with E-state index < -0.39 is 0 Å². The molecule has 1 rings (SSSR count). The summed E-state index contributed by atoms with van der Waals surface area (Å²) in [5.74, 6) is 0.669. The zero-order valence-electron chi connectivity index (χ0n) is 10.4. The van der Waals surface area contributed by atoms with Crippen molar-refractivity contribution >= 4 is 23.5 Å². The van der Waals surface area contributed by atoms with Gasteiger partial charge >= 0.3 is 0 Å². The molecule has 0 aliphatic rings. The van der Waals surface area contributed by atoms with Gasteiger partial charge in [-0.15, -0.1) is 0 Å². The molecule has 0 aromatic carbocycles. The van der Waals surface area contributed by atoms with E-state index in [2.05, 4.69) is 10.2 Å². The van der Waals surface area contributed by atoms with Crippen molar-refractivity contribution in [2.75, 3.05) is 18.0 Å². The summed E-state index contributed by atoms with van der Waals surface area (Å²) in [6, 6.07) is 0. The number of nitrogen functional groups attached to an aromatic ring is 2. The number of carbonyl (C=O) groups excluding carboxylic acids is 1. The number of anilines is 2. The number of amides is 1. The number of nitrogens with two attached hydrogens (primary N) is 2. The highest BCUT2D eigenvalue weighted by Crippen LogP contribution is 2.23. The molecule has 1 heterocycles. The summed E-state index contributed by atoms with van der Waals surface area (Å²) >= 11 is 0. The van der Waals surface area contributed by atoms with Crippen molar-refractivity contribution in [2.24, 2.45) is 5.92 Å². The van der Waals surface area contributed by atoms with E-state index in [1.165, 1.54) is 0 Å². The Bertz CT molecular complexity index is 421. The first-order valence-electron chi connectivity index (χ1n) is 5.44. The molecule has 94 valence electrons. The molecule has 6 nitrogen and oxygen atoms in total. The fraction of sp³-hybridized carbons (Fsp3) is 0.455. The predicted octanol–water partition coefficient (Wildman–Crippen LogP) is 1.05. The maximum Gasteiger partial charge on any atom is 0.213 e. The van der Waals surface area contributed by atoms with Crippen molar-refractivity contribution < 1.29 is 4.79 Å². The Balaban J connectivity index is 2.90. The molecule has 0 unspecified atom stereocenters. The second kappa shape index (κ2) is 5.38. The second-order valence-electron chi connectivity index (χ2n) is 4.41. The van der Waals surface area contributed by atoms with Crippen LogP contribution in [0.4, 0.5) is 11.5 Å². The van der Waals surface area contributed by atoms with Crippen LogP contribution in [0.25, 0.3) is 5.57 Å². The number of carbonyl (C=O) groups is 1. The molecule has 0 spiro atoms. The minimum atomic E-state index is 0.272. The number of hydrogen-bond acceptors (Lipinski definition) is 4. The third-order valence-corrected chi connectivity index (χ3v) is 2.30. The van der Waals surface area contributed by atoms with Crippen molar-refractivity contribution in [3.05, 3.63) is 11.9 Å². The van der Waals surface area contributed by atoms with E-state index in [4.69, 9.17) is 11.5 Å². The number of aromatic nitrogens is 2. The highest BCUT2D eigenvalue weighted by atomic mass is 16.1. The summed E-state index contributed by atoms with van der Waals surface area (Å²) in [6.45, 7) is 6.59. The topological polar surface area (TPSA) is 101 Å². The lowest BCUT2D eigenvalue weighted by molar-refractivity contribution is -0.116. The Morgan fingerprint density at radius 2 is 2.18 bits per heavy atom. The van der Waals surface area contributed by atoms with Crippen molar-refractivity contribution in [1.29, 1.82) is 0 Å². The maximum atomic E-state index is 10.9. The standard InChI is InChI=1S/C11H19N5O/c1-7(2)4-16(6-17)5-8(3)10-9(12)11(13)15-14-10/h5-7H,4,12H2,1-3H3,(H3,13,14,15)/b8-5-. The highest BCUT2D eigenvalue weighted by molar-refractivity contribution is 5.77. The lowest BCUT2D eigenvalue weighted by Crippen LogP contribution is -2.20.